The highest BCUT2D eigenvalue weighted by molar-refractivity contribution is 5.73. The molecule has 3 fully saturated rings. The summed E-state index contributed by atoms with van der Waals surface area (Å²) in [5.41, 5.74) is 4.24. The van der Waals surface area contributed by atoms with Crippen LogP contribution in [-0.4, -0.2) is 68.2 Å². The molecule has 1 aromatic carbocycles. The Labute approximate surface area is 170 Å². The van der Waals surface area contributed by atoms with E-state index in [1.807, 2.05) is 14.1 Å². The molecule has 2 aliphatic carbocycles. The van der Waals surface area contributed by atoms with E-state index in [4.69, 9.17) is 0 Å². The van der Waals surface area contributed by atoms with Crippen molar-refractivity contribution in [3.63, 3.8) is 0 Å². The number of nitrogens with one attached hydrogen (secondary N) is 1. The zero-order chi connectivity index (χ0) is 19.8. The van der Waals surface area contributed by atoms with E-state index in [0.29, 0.717) is 6.04 Å². The molecule has 2 amide bonds. The lowest BCUT2D eigenvalue weighted by Crippen LogP contribution is -2.50. The minimum Gasteiger partial charge on any atom is -0.369 e. The number of rotatable bonds is 3. The Balaban J connectivity index is 1.27. The van der Waals surface area contributed by atoms with Gasteiger partial charge >= 0.3 is 6.03 Å². The highest BCUT2D eigenvalue weighted by atomic mass is 16.2. The molecule has 5 nitrogen and oxygen atoms in total. The first kappa shape index (κ1) is 19.6. The van der Waals surface area contributed by atoms with Crippen molar-refractivity contribution in [2.75, 3.05) is 45.2 Å². The third-order valence-corrected chi connectivity index (χ3v) is 7.47. The van der Waals surface area contributed by atoms with Crippen LogP contribution in [0.5, 0.6) is 0 Å². The van der Waals surface area contributed by atoms with Gasteiger partial charge in [0.1, 0.15) is 0 Å². The SMILES string of the molecule is Cc1cccc(N2CCN(C3CC4CC(NC(=O)N(C)C)CC4C3)CC2)c1C. The van der Waals surface area contributed by atoms with Crippen molar-refractivity contribution < 1.29 is 4.79 Å². The molecule has 2 saturated carbocycles. The maximum absolute atomic E-state index is 11.9. The van der Waals surface area contributed by atoms with Crippen LogP contribution in [0.1, 0.15) is 36.8 Å². The Morgan fingerprint density at radius 3 is 2.25 bits per heavy atom. The van der Waals surface area contributed by atoms with Crippen LogP contribution in [0.3, 0.4) is 0 Å². The summed E-state index contributed by atoms with van der Waals surface area (Å²) in [4.78, 5) is 18.9. The molecule has 0 bridgehead atoms. The van der Waals surface area contributed by atoms with E-state index in [9.17, 15) is 4.79 Å². The third-order valence-electron chi connectivity index (χ3n) is 7.47. The lowest BCUT2D eigenvalue weighted by Gasteiger charge is -2.40. The van der Waals surface area contributed by atoms with Gasteiger partial charge in [-0.2, -0.15) is 0 Å². The first-order valence-corrected chi connectivity index (χ1v) is 11.0. The lowest BCUT2D eigenvalue weighted by atomic mass is 10.0. The summed E-state index contributed by atoms with van der Waals surface area (Å²) in [6, 6.07) is 7.87. The second kappa shape index (κ2) is 7.94. The van der Waals surface area contributed by atoms with Gasteiger partial charge in [-0.1, -0.05) is 12.1 Å². The second-order valence-electron chi connectivity index (χ2n) is 9.40. The number of anilines is 1. The van der Waals surface area contributed by atoms with Crippen LogP contribution in [-0.2, 0) is 0 Å². The number of nitrogens with zero attached hydrogens (tertiary/aromatic N) is 3. The lowest BCUT2D eigenvalue weighted by molar-refractivity contribution is 0.177. The average Bonchev–Trinajstić information content (AvgIpc) is 3.22. The van der Waals surface area contributed by atoms with E-state index in [1.165, 1.54) is 55.6 Å². The zero-order valence-electron chi connectivity index (χ0n) is 17.9. The van der Waals surface area contributed by atoms with Gasteiger partial charge in [0, 0.05) is 58.0 Å². The minimum absolute atomic E-state index is 0.0593. The Hall–Kier alpha value is -1.75. The average molecular weight is 385 g/mol. The Morgan fingerprint density at radius 2 is 1.64 bits per heavy atom. The summed E-state index contributed by atoms with van der Waals surface area (Å²) in [5.74, 6) is 1.60. The van der Waals surface area contributed by atoms with Crippen LogP contribution in [0.2, 0.25) is 0 Å². The monoisotopic (exact) mass is 384 g/mol. The van der Waals surface area contributed by atoms with Crippen molar-refractivity contribution in [3.8, 4) is 0 Å². The molecule has 1 aromatic rings. The molecule has 1 aliphatic heterocycles. The Kier molecular flexibility index (Phi) is 5.55. The van der Waals surface area contributed by atoms with Crippen molar-refractivity contribution >= 4 is 11.7 Å². The maximum Gasteiger partial charge on any atom is 0.317 e. The van der Waals surface area contributed by atoms with E-state index >= 15 is 0 Å². The van der Waals surface area contributed by atoms with E-state index in [0.717, 1.165) is 31.0 Å². The molecule has 1 heterocycles. The number of hydrogen-bond acceptors (Lipinski definition) is 3. The van der Waals surface area contributed by atoms with Gasteiger partial charge in [-0.05, 0) is 68.6 Å². The number of fused-ring (bicyclic) bond motifs is 1. The minimum atomic E-state index is 0.0593. The van der Waals surface area contributed by atoms with Gasteiger partial charge in [0.15, 0.2) is 0 Å². The van der Waals surface area contributed by atoms with Crippen molar-refractivity contribution in [3.05, 3.63) is 29.3 Å². The fraction of sp³-hybridized carbons (Fsp3) is 0.696. The molecule has 0 radical (unpaired) electrons. The largest absolute Gasteiger partial charge is 0.369 e. The van der Waals surface area contributed by atoms with Gasteiger partial charge in [0.2, 0.25) is 0 Å². The number of urea groups is 1. The molecule has 2 atom stereocenters. The topological polar surface area (TPSA) is 38.8 Å². The van der Waals surface area contributed by atoms with Crippen molar-refractivity contribution in [2.24, 2.45) is 11.8 Å². The summed E-state index contributed by atoms with van der Waals surface area (Å²) < 4.78 is 0. The second-order valence-corrected chi connectivity index (χ2v) is 9.40. The van der Waals surface area contributed by atoms with Crippen LogP contribution in [0.25, 0.3) is 0 Å². The number of carbonyl (C=O) groups is 1. The standard InChI is InChI=1S/C23H36N4O/c1-16-6-5-7-22(17(16)2)27-10-8-26(9-11-27)21-14-18-12-20(13-19(18)15-21)24-23(28)25(3)4/h5-7,18-21H,8-15H2,1-4H3,(H,24,28). The number of benzene rings is 1. The molecule has 4 rings (SSSR count). The molecule has 28 heavy (non-hydrogen) atoms. The molecular formula is C23H36N4O. The predicted molar refractivity (Wildman–Crippen MR) is 115 cm³/mol. The van der Waals surface area contributed by atoms with Gasteiger partial charge in [-0.3, -0.25) is 4.90 Å². The van der Waals surface area contributed by atoms with Crippen LogP contribution < -0.4 is 10.2 Å². The van der Waals surface area contributed by atoms with Gasteiger partial charge in [0.25, 0.3) is 0 Å². The van der Waals surface area contributed by atoms with Crippen LogP contribution in [0, 0.1) is 25.7 Å². The number of aryl methyl sites for hydroxylation is 1. The quantitative estimate of drug-likeness (QED) is 0.869. The van der Waals surface area contributed by atoms with Crippen molar-refractivity contribution in [1.29, 1.82) is 0 Å². The van der Waals surface area contributed by atoms with Crippen LogP contribution >= 0.6 is 0 Å². The summed E-state index contributed by atoms with van der Waals surface area (Å²) in [6.45, 7) is 9.09. The predicted octanol–water partition coefficient (Wildman–Crippen LogP) is 3.25. The summed E-state index contributed by atoms with van der Waals surface area (Å²) >= 11 is 0. The normalized spacial score (nSPS) is 30.4. The van der Waals surface area contributed by atoms with E-state index in [2.05, 4.69) is 47.2 Å². The highest BCUT2D eigenvalue weighted by Crippen LogP contribution is 2.46. The fourth-order valence-corrected chi connectivity index (χ4v) is 5.71. The number of hydrogen-bond donors (Lipinski definition) is 1. The maximum atomic E-state index is 11.9. The summed E-state index contributed by atoms with van der Waals surface area (Å²) in [7, 11) is 3.64. The smallest absolute Gasteiger partial charge is 0.317 e. The number of amides is 2. The van der Waals surface area contributed by atoms with Gasteiger partial charge < -0.3 is 15.1 Å². The van der Waals surface area contributed by atoms with E-state index in [1.54, 1.807) is 4.90 Å². The first-order valence-electron chi connectivity index (χ1n) is 11.0. The molecule has 1 saturated heterocycles. The van der Waals surface area contributed by atoms with Crippen LogP contribution in [0.4, 0.5) is 10.5 Å². The fourth-order valence-electron chi connectivity index (χ4n) is 5.71. The van der Waals surface area contributed by atoms with E-state index < -0.39 is 0 Å². The summed E-state index contributed by atoms with van der Waals surface area (Å²) in [6.07, 6.45) is 4.98. The molecule has 0 aromatic heterocycles. The van der Waals surface area contributed by atoms with Gasteiger partial charge in [-0.15, -0.1) is 0 Å². The highest BCUT2D eigenvalue weighted by Gasteiger charge is 2.44. The molecule has 5 heteroatoms. The molecule has 1 N–H and O–H groups in total. The molecule has 3 aliphatic rings. The van der Waals surface area contributed by atoms with Crippen molar-refractivity contribution in [1.82, 2.24) is 15.1 Å². The van der Waals surface area contributed by atoms with Gasteiger partial charge in [-0.25, -0.2) is 4.79 Å². The number of carbonyl (C=O) groups excluding carboxylic acids is 1. The first-order chi connectivity index (χ1) is 13.4. The molecule has 154 valence electrons. The molecule has 0 spiro atoms. The summed E-state index contributed by atoms with van der Waals surface area (Å²) in [5, 5.41) is 3.20. The Bertz CT molecular complexity index is 697. The third kappa shape index (κ3) is 3.86. The van der Waals surface area contributed by atoms with Crippen LogP contribution in [0.15, 0.2) is 18.2 Å². The van der Waals surface area contributed by atoms with E-state index in [-0.39, 0.29) is 6.03 Å². The Morgan fingerprint density at radius 1 is 1.00 bits per heavy atom. The molecule has 2 unspecified atom stereocenters. The molecular weight excluding hydrogens is 348 g/mol. The zero-order valence-corrected chi connectivity index (χ0v) is 17.9. The van der Waals surface area contributed by atoms with Crippen molar-refractivity contribution in [2.45, 2.75) is 51.6 Å². The number of piperazine rings is 1. The van der Waals surface area contributed by atoms with Gasteiger partial charge in [0.05, 0.1) is 0 Å².